The first kappa shape index (κ1) is 7.81. The van der Waals surface area contributed by atoms with Crippen molar-refractivity contribution in [2.45, 2.75) is 31.8 Å². The summed E-state index contributed by atoms with van der Waals surface area (Å²) in [5.41, 5.74) is 2.76. The van der Waals surface area contributed by atoms with Gasteiger partial charge < -0.3 is 5.11 Å². The molecule has 1 unspecified atom stereocenters. The zero-order chi connectivity index (χ0) is 8.39. The van der Waals surface area contributed by atoms with Gasteiger partial charge in [0.2, 0.25) is 0 Å². The molecule has 0 aromatic heterocycles. The molecule has 0 amide bonds. The molecule has 1 aromatic rings. The van der Waals surface area contributed by atoms with Crippen LogP contribution in [0.4, 0.5) is 0 Å². The highest BCUT2D eigenvalue weighted by molar-refractivity contribution is 5.28. The standard InChI is InChI=1S/C11H14O/c12-11-7-3-6-9-4-1-2-5-10(9)8-11/h1-2,4-5,11-12H,3,6-8H2. The lowest BCUT2D eigenvalue weighted by molar-refractivity contribution is 0.165. The highest BCUT2D eigenvalue weighted by Gasteiger charge is 2.12. The van der Waals surface area contributed by atoms with Crippen LogP contribution in [0.2, 0.25) is 0 Å². The summed E-state index contributed by atoms with van der Waals surface area (Å²) in [5, 5.41) is 9.54. The molecule has 1 nitrogen and oxygen atoms in total. The zero-order valence-electron chi connectivity index (χ0n) is 7.16. The van der Waals surface area contributed by atoms with Crippen molar-refractivity contribution in [1.82, 2.24) is 0 Å². The average Bonchev–Trinajstić information content (AvgIpc) is 2.25. The Labute approximate surface area is 73.0 Å². The van der Waals surface area contributed by atoms with Gasteiger partial charge in [-0.05, 0) is 36.8 Å². The van der Waals surface area contributed by atoms with E-state index < -0.39 is 0 Å². The molecule has 1 atom stereocenters. The SMILES string of the molecule is OC1CCCc2ccccc2C1. The number of aliphatic hydroxyl groups is 1. The van der Waals surface area contributed by atoms with Crippen LogP contribution in [0.5, 0.6) is 0 Å². The lowest BCUT2D eigenvalue weighted by Crippen LogP contribution is -2.07. The van der Waals surface area contributed by atoms with Gasteiger partial charge in [-0.3, -0.25) is 0 Å². The molecule has 1 heteroatoms. The third kappa shape index (κ3) is 1.51. The maximum Gasteiger partial charge on any atom is 0.0580 e. The van der Waals surface area contributed by atoms with Gasteiger partial charge in [0.1, 0.15) is 0 Å². The third-order valence-electron chi connectivity index (χ3n) is 2.56. The number of hydrogen-bond donors (Lipinski definition) is 1. The van der Waals surface area contributed by atoms with Gasteiger partial charge in [0.15, 0.2) is 0 Å². The first-order chi connectivity index (χ1) is 5.86. The van der Waals surface area contributed by atoms with Crippen LogP contribution < -0.4 is 0 Å². The van der Waals surface area contributed by atoms with Crippen LogP contribution in [0.3, 0.4) is 0 Å². The van der Waals surface area contributed by atoms with Gasteiger partial charge >= 0.3 is 0 Å². The Morgan fingerprint density at radius 2 is 1.92 bits per heavy atom. The Hall–Kier alpha value is -0.820. The van der Waals surface area contributed by atoms with Gasteiger partial charge in [-0.1, -0.05) is 24.3 Å². The van der Waals surface area contributed by atoms with Crippen molar-refractivity contribution in [2.75, 3.05) is 0 Å². The van der Waals surface area contributed by atoms with Crippen LogP contribution >= 0.6 is 0 Å². The summed E-state index contributed by atoms with van der Waals surface area (Å²) < 4.78 is 0. The van der Waals surface area contributed by atoms with Gasteiger partial charge in [0, 0.05) is 0 Å². The minimum Gasteiger partial charge on any atom is -0.393 e. The summed E-state index contributed by atoms with van der Waals surface area (Å²) in [6, 6.07) is 8.44. The van der Waals surface area contributed by atoms with Crippen LogP contribution in [-0.4, -0.2) is 11.2 Å². The molecule has 0 spiro atoms. The lowest BCUT2D eigenvalue weighted by atomic mass is 10.0. The smallest absolute Gasteiger partial charge is 0.0580 e. The molecule has 0 radical (unpaired) electrons. The number of aryl methyl sites for hydroxylation is 1. The molecule has 1 N–H and O–H groups in total. The molecular formula is C11H14O. The number of rotatable bonds is 0. The Morgan fingerprint density at radius 1 is 1.17 bits per heavy atom. The summed E-state index contributed by atoms with van der Waals surface area (Å²) in [5.74, 6) is 0. The second-order valence-corrected chi connectivity index (χ2v) is 3.52. The monoisotopic (exact) mass is 162 g/mol. The minimum absolute atomic E-state index is 0.117. The fourth-order valence-electron chi connectivity index (χ4n) is 1.88. The van der Waals surface area contributed by atoms with E-state index in [1.54, 1.807) is 0 Å². The van der Waals surface area contributed by atoms with Crippen molar-refractivity contribution >= 4 is 0 Å². The fraction of sp³-hybridized carbons (Fsp3) is 0.455. The number of hydrogen-bond acceptors (Lipinski definition) is 1. The number of aliphatic hydroxyl groups excluding tert-OH is 1. The van der Waals surface area contributed by atoms with E-state index in [4.69, 9.17) is 0 Å². The van der Waals surface area contributed by atoms with Gasteiger partial charge in [-0.2, -0.15) is 0 Å². The summed E-state index contributed by atoms with van der Waals surface area (Å²) in [7, 11) is 0. The Kier molecular flexibility index (Phi) is 2.13. The Morgan fingerprint density at radius 3 is 2.75 bits per heavy atom. The minimum atomic E-state index is -0.117. The highest BCUT2D eigenvalue weighted by atomic mass is 16.3. The zero-order valence-corrected chi connectivity index (χ0v) is 7.16. The molecule has 0 heterocycles. The molecule has 1 aliphatic rings. The van der Waals surface area contributed by atoms with Crippen molar-refractivity contribution in [3.8, 4) is 0 Å². The van der Waals surface area contributed by atoms with E-state index in [1.165, 1.54) is 11.1 Å². The number of benzene rings is 1. The molecule has 1 aliphatic carbocycles. The molecule has 0 aliphatic heterocycles. The summed E-state index contributed by atoms with van der Waals surface area (Å²) in [6.45, 7) is 0. The van der Waals surface area contributed by atoms with Gasteiger partial charge in [-0.15, -0.1) is 0 Å². The maximum atomic E-state index is 9.54. The van der Waals surface area contributed by atoms with E-state index >= 15 is 0 Å². The van der Waals surface area contributed by atoms with E-state index in [2.05, 4.69) is 24.3 Å². The first-order valence-electron chi connectivity index (χ1n) is 4.61. The first-order valence-corrected chi connectivity index (χ1v) is 4.61. The molecule has 64 valence electrons. The maximum absolute atomic E-state index is 9.54. The average molecular weight is 162 g/mol. The van der Waals surface area contributed by atoms with Crippen molar-refractivity contribution < 1.29 is 5.11 Å². The molecule has 0 fully saturated rings. The Bertz CT molecular complexity index is 267. The topological polar surface area (TPSA) is 20.2 Å². The largest absolute Gasteiger partial charge is 0.393 e. The quantitative estimate of drug-likeness (QED) is 0.578. The predicted octanol–water partition coefficient (Wildman–Crippen LogP) is 1.93. The van der Waals surface area contributed by atoms with Crippen LogP contribution in [0, 0.1) is 0 Å². The van der Waals surface area contributed by atoms with E-state index in [1.807, 2.05) is 0 Å². The van der Waals surface area contributed by atoms with Crippen LogP contribution in [0.15, 0.2) is 24.3 Å². The summed E-state index contributed by atoms with van der Waals surface area (Å²) in [4.78, 5) is 0. The van der Waals surface area contributed by atoms with Crippen molar-refractivity contribution in [2.24, 2.45) is 0 Å². The molecule has 2 rings (SSSR count). The molecule has 12 heavy (non-hydrogen) atoms. The normalized spacial score (nSPS) is 22.9. The highest BCUT2D eigenvalue weighted by Crippen LogP contribution is 2.20. The van der Waals surface area contributed by atoms with Crippen molar-refractivity contribution in [3.63, 3.8) is 0 Å². The van der Waals surface area contributed by atoms with Crippen molar-refractivity contribution in [1.29, 1.82) is 0 Å². The summed E-state index contributed by atoms with van der Waals surface area (Å²) >= 11 is 0. The van der Waals surface area contributed by atoms with Crippen LogP contribution in [-0.2, 0) is 12.8 Å². The predicted molar refractivity (Wildman–Crippen MR) is 49.1 cm³/mol. The summed E-state index contributed by atoms with van der Waals surface area (Å²) in [6.07, 6.45) is 3.93. The third-order valence-corrected chi connectivity index (χ3v) is 2.56. The van der Waals surface area contributed by atoms with Crippen molar-refractivity contribution in [3.05, 3.63) is 35.4 Å². The Balaban J connectivity index is 2.31. The van der Waals surface area contributed by atoms with Crippen LogP contribution in [0.1, 0.15) is 24.0 Å². The van der Waals surface area contributed by atoms with Gasteiger partial charge in [0.25, 0.3) is 0 Å². The second-order valence-electron chi connectivity index (χ2n) is 3.52. The van der Waals surface area contributed by atoms with E-state index in [-0.39, 0.29) is 6.10 Å². The number of fused-ring (bicyclic) bond motifs is 1. The fourth-order valence-corrected chi connectivity index (χ4v) is 1.88. The molecule has 1 aromatic carbocycles. The van der Waals surface area contributed by atoms with Crippen LogP contribution in [0.25, 0.3) is 0 Å². The van der Waals surface area contributed by atoms with E-state index in [0.29, 0.717) is 0 Å². The lowest BCUT2D eigenvalue weighted by Gasteiger charge is -2.06. The second kappa shape index (κ2) is 3.28. The molecule has 0 bridgehead atoms. The van der Waals surface area contributed by atoms with E-state index in [0.717, 1.165) is 25.7 Å². The van der Waals surface area contributed by atoms with Gasteiger partial charge in [-0.25, -0.2) is 0 Å². The molecular weight excluding hydrogens is 148 g/mol. The van der Waals surface area contributed by atoms with E-state index in [9.17, 15) is 5.11 Å². The molecule has 0 saturated carbocycles. The van der Waals surface area contributed by atoms with Gasteiger partial charge in [0.05, 0.1) is 6.10 Å². The molecule has 0 saturated heterocycles.